The maximum atomic E-state index is 13.5. The molecule has 1 aromatic carbocycles. The molecule has 1 fully saturated rings. The Morgan fingerprint density at radius 3 is 2.43 bits per heavy atom. The average Bonchev–Trinajstić information content (AvgIpc) is 2.89. The highest BCUT2D eigenvalue weighted by atomic mass is 35.5. The molecule has 2 aromatic rings. The number of hydrogen-bond acceptors (Lipinski definition) is 2. The normalized spacial score (nSPS) is 17.3. The minimum Gasteiger partial charge on any atom is -0.361 e. The van der Waals surface area contributed by atoms with Gasteiger partial charge in [-0.2, -0.15) is 0 Å². The maximum absolute atomic E-state index is 13.5. The molecule has 0 bridgehead atoms. The zero-order valence-electron chi connectivity index (χ0n) is 11.4. The van der Waals surface area contributed by atoms with Crippen LogP contribution in [0.3, 0.4) is 0 Å². The van der Waals surface area contributed by atoms with E-state index in [1.807, 2.05) is 29.2 Å². The Balaban J connectivity index is 0.00000110. The van der Waals surface area contributed by atoms with E-state index in [1.165, 1.54) is 0 Å². The van der Waals surface area contributed by atoms with Crippen LogP contribution in [0.1, 0.15) is 11.6 Å². The molecule has 1 aliphatic rings. The molecule has 21 heavy (non-hydrogen) atoms. The summed E-state index contributed by atoms with van der Waals surface area (Å²) >= 11 is 0. The second-order valence-electron chi connectivity index (χ2n) is 4.85. The summed E-state index contributed by atoms with van der Waals surface area (Å²) in [7, 11) is 0. The van der Waals surface area contributed by atoms with E-state index in [-0.39, 0.29) is 24.8 Å². The summed E-state index contributed by atoms with van der Waals surface area (Å²) in [6.07, 6.45) is -0.576. The number of aromatic amines is 1. The Morgan fingerprint density at radius 1 is 1.05 bits per heavy atom. The fourth-order valence-corrected chi connectivity index (χ4v) is 2.82. The Kier molecular flexibility index (Phi) is 6.87. The number of halogens is 4. The molecule has 0 saturated carbocycles. The topological polar surface area (TPSA) is 31.1 Å². The third kappa shape index (κ3) is 3.66. The van der Waals surface area contributed by atoms with E-state index in [0.717, 1.165) is 29.6 Å². The highest BCUT2D eigenvalue weighted by Gasteiger charge is 2.31. The lowest BCUT2D eigenvalue weighted by atomic mass is 10.0. The van der Waals surface area contributed by atoms with E-state index < -0.39 is 12.5 Å². The molecule has 0 unspecified atom stereocenters. The van der Waals surface area contributed by atoms with Crippen molar-refractivity contribution in [1.29, 1.82) is 0 Å². The summed E-state index contributed by atoms with van der Waals surface area (Å²) in [6.45, 7) is 2.87. The molecular formula is C14H19Cl2F2N3. The molecule has 0 radical (unpaired) electrons. The summed E-state index contributed by atoms with van der Waals surface area (Å²) in [6, 6.07) is 6.63. The number of piperazine rings is 1. The van der Waals surface area contributed by atoms with Crippen LogP contribution < -0.4 is 5.32 Å². The summed E-state index contributed by atoms with van der Waals surface area (Å²) in [5.74, 6) is 0. The van der Waals surface area contributed by atoms with Crippen LogP contribution in [0, 0.1) is 0 Å². The first-order chi connectivity index (χ1) is 9.27. The van der Waals surface area contributed by atoms with Gasteiger partial charge in [0.2, 0.25) is 0 Å². The van der Waals surface area contributed by atoms with Crippen molar-refractivity contribution in [2.24, 2.45) is 0 Å². The molecule has 1 aromatic heterocycles. The third-order valence-corrected chi connectivity index (χ3v) is 3.73. The predicted octanol–water partition coefficient (Wildman–Crippen LogP) is 3.22. The summed E-state index contributed by atoms with van der Waals surface area (Å²) in [5, 5.41) is 4.09. The lowest BCUT2D eigenvalue weighted by Gasteiger charge is -2.35. The second kappa shape index (κ2) is 7.94. The number of fused-ring (bicyclic) bond motifs is 1. The van der Waals surface area contributed by atoms with Gasteiger partial charge in [-0.05, 0) is 17.7 Å². The first-order valence-corrected chi connectivity index (χ1v) is 6.56. The van der Waals surface area contributed by atoms with Crippen molar-refractivity contribution in [3.63, 3.8) is 0 Å². The Labute approximate surface area is 134 Å². The van der Waals surface area contributed by atoms with Crippen LogP contribution in [0.25, 0.3) is 10.9 Å². The highest BCUT2D eigenvalue weighted by Crippen LogP contribution is 2.32. The number of benzene rings is 1. The monoisotopic (exact) mass is 337 g/mol. The molecule has 3 rings (SSSR count). The number of aromatic nitrogens is 1. The number of hydrogen-bond donors (Lipinski definition) is 2. The average molecular weight is 338 g/mol. The molecule has 1 aliphatic heterocycles. The maximum Gasteiger partial charge on any atom is 0.258 e. The molecule has 2 N–H and O–H groups in total. The number of rotatable bonds is 3. The van der Waals surface area contributed by atoms with Gasteiger partial charge in [0.25, 0.3) is 6.43 Å². The van der Waals surface area contributed by atoms with Crippen molar-refractivity contribution in [2.45, 2.75) is 12.5 Å². The van der Waals surface area contributed by atoms with Crippen LogP contribution in [0.15, 0.2) is 30.5 Å². The van der Waals surface area contributed by atoms with Gasteiger partial charge >= 0.3 is 0 Å². The van der Waals surface area contributed by atoms with Gasteiger partial charge in [0.1, 0.15) is 0 Å². The molecule has 118 valence electrons. The van der Waals surface area contributed by atoms with Gasteiger partial charge in [-0.25, -0.2) is 8.78 Å². The van der Waals surface area contributed by atoms with Gasteiger partial charge in [-0.15, -0.1) is 24.8 Å². The Morgan fingerprint density at radius 2 is 1.76 bits per heavy atom. The van der Waals surface area contributed by atoms with Gasteiger partial charge in [-0.3, -0.25) is 4.90 Å². The van der Waals surface area contributed by atoms with Crippen LogP contribution in [0.4, 0.5) is 8.78 Å². The smallest absolute Gasteiger partial charge is 0.258 e. The summed E-state index contributed by atoms with van der Waals surface area (Å²) in [5.41, 5.74) is 1.63. The molecule has 0 amide bonds. The first-order valence-electron chi connectivity index (χ1n) is 6.56. The predicted molar refractivity (Wildman–Crippen MR) is 86.0 cm³/mol. The second-order valence-corrected chi connectivity index (χ2v) is 4.85. The lowest BCUT2D eigenvalue weighted by molar-refractivity contribution is 0.0189. The molecule has 3 nitrogen and oxygen atoms in total. The zero-order valence-corrected chi connectivity index (χ0v) is 13.0. The first kappa shape index (κ1) is 18.2. The van der Waals surface area contributed by atoms with Crippen LogP contribution in [-0.4, -0.2) is 42.5 Å². The molecule has 1 atom stereocenters. The highest BCUT2D eigenvalue weighted by molar-refractivity contribution is 5.85. The van der Waals surface area contributed by atoms with E-state index in [4.69, 9.17) is 0 Å². The van der Waals surface area contributed by atoms with Crippen molar-refractivity contribution in [1.82, 2.24) is 15.2 Å². The Bertz CT molecular complexity index is 556. The molecule has 0 spiro atoms. The van der Waals surface area contributed by atoms with Crippen molar-refractivity contribution in [3.8, 4) is 0 Å². The van der Waals surface area contributed by atoms with Gasteiger partial charge in [0.05, 0.1) is 6.04 Å². The standard InChI is InChI=1S/C14H17F2N3.2ClH/c15-14(16)13(19-8-6-17-7-9-19)11-2-1-3-12-10(11)4-5-18-12;;/h1-5,13-14,17-18H,6-9H2;2*1H/t13-;;/m1../s1. The van der Waals surface area contributed by atoms with E-state index in [0.29, 0.717) is 13.1 Å². The van der Waals surface area contributed by atoms with Crippen molar-refractivity contribution in [2.75, 3.05) is 26.2 Å². The van der Waals surface area contributed by atoms with E-state index in [1.54, 1.807) is 6.20 Å². The largest absolute Gasteiger partial charge is 0.361 e. The zero-order chi connectivity index (χ0) is 13.2. The molecule has 7 heteroatoms. The number of nitrogens with zero attached hydrogens (tertiary/aromatic N) is 1. The number of nitrogens with one attached hydrogen (secondary N) is 2. The van der Waals surface area contributed by atoms with Crippen LogP contribution in [-0.2, 0) is 0 Å². The van der Waals surface area contributed by atoms with Crippen molar-refractivity contribution < 1.29 is 8.78 Å². The SMILES string of the molecule is Cl.Cl.FC(F)[C@@H](c1cccc2[nH]ccc12)N1CCNCC1. The van der Waals surface area contributed by atoms with Gasteiger partial charge in [0.15, 0.2) is 0 Å². The number of alkyl halides is 2. The molecular weight excluding hydrogens is 319 g/mol. The fourth-order valence-electron chi connectivity index (χ4n) is 2.82. The molecule has 2 heterocycles. The van der Waals surface area contributed by atoms with Crippen LogP contribution in [0.2, 0.25) is 0 Å². The van der Waals surface area contributed by atoms with Crippen LogP contribution >= 0.6 is 24.8 Å². The fraction of sp³-hybridized carbons (Fsp3) is 0.429. The molecule has 1 saturated heterocycles. The van der Waals surface area contributed by atoms with Crippen molar-refractivity contribution in [3.05, 3.63) is 36.0 Å². The molecule has 0 aliphatic carbocycles. The minimum absolute atomic E-state index is 0. The number of H-pyrrole nitrogens is 1. The van der Waals surface area contributed by atoms with Gasteiger partial charge in [0, 0.05) is 43.3 Å². The summed E-state index contributed by atoms with van der Waals surface area (Å²) in [4.78, 5) is 4.96. The Hall–Kier alpha value is -0.880. The van der Waals surface area contributed by atoms with E-state index in [2.05, 4.69) is 10.3 Å². The quantitative estimate of drug-likeness (QED) is 0.900. The lowest BCUT2D eigenvalue weighted by Crippen LogP contribution is -2.46. The van der Waals surface area contributed by atoms with E-state index in [9.17, 15) is 8.78 Å². The van der Waals surface area contributed by atoms with Crippen molar-refractivity contribution >= 4 is 35.7 Å². The summed E-state index contributed by atoms with van der Waals surface area (Å²) < 4.78 is 27.1. The van der Waals surface area contributed by atoms with Crippen LogP contribution in [0.5, 0.6) is 0 Å². The van der Waals surface area contributed by atoms with Gasteiger partial charge in [-0.1, -0.05) is 12.1 Å². The third-order valence-electron chi connectivity index (χ3n) is 3.73. The van der Waals surface area contributed by atoms with Gasteiger partial charge < -0.3 is 10.3 Å². The minimum atomic E-state index is -2.38. The van der Waals surface area contributed by atoms with E-state index >= 15 is 0 Å².